The van der Waals surface area contributed by atoms with Crippen LogP contribution in [0.5, 0.6) is 0 Å². The Hall–Kier alpha value is -0.0000000000000000555. The Morgan fingerprint density at radius 1 is 1.21 bits per heavy atom. The number of hydrogen-bond donors (Lipinski definition) is 0. The Kier molecular flexibility index (Phi) is 40.9. The zero-order chi connectivity index (χ0) is 11.7. The van der Waals surface area contributed by atoms with E-state index in [9.17, 15) is 4.57 Å². The lowest BCUT2D eigenvalue weighted by Crippen LogP contribution is -1.80. The van der Waals surface area contributed by atoms with Crippen LogP contribution in [0.15, 0.2) is 12.7 Å². The second-order valence-corrected chi connectivity index (χ2v) is 2.84. The number of unbranched alkanes of at least 4 members (excludes halogenated alkanes) is 1. The Bertz CT molecular complexity index is 125. The van der Waals surface area contributed by atoms with E-state index in [1.807, 2.05) is 6.08 Å². The predicted molar refractivity (Wildman–Crippen MR) is 60.1 cm³/mol. The van der Waals surface area contributed by atoms with Gasteiger partial charge in [-0.3, -0.25) is 13.7 Å². The molecule has 0 atom stereocenters. The lowest BCUT2D eigenvalue weighted by atomic mass is 10.3. The fourth-order valence-electron chi connectivity index (χ4n) is 0.329. The van der Waals surface area contributed by atoms with E-state index in [1.165, 1.54) is 0 Å². The molecule has 0 radical (unpaired) electrons. The van der Waals surface area contributed by atoms with Crippen molar-refractivity contribution in [3.8, 4) is 0 Å². The molecule has 0 saturated carbocycles. The maximum Gasteiger partial charge on any atom is 0.327 e. The van der Waals surface area contributed by atoms with E-state index < -0.39 is 0 Å². The molecule has 0 aliphatic heterocycles. The molecule has 14 heavy (non-hydrogen) atoms. The highest BCUT2D eigenvalue weighted by Gasteiger charge is 1.81. The van der Waals surface area contributed by atoms with Crippen molar-refractivity contribution in [2.75, 3.05) is 19.9 Å². The fraction of sp³-hybridized carbons (Fsp3) is 0.714. The number of hydrogen-bond acceptors (Lipinski definition) is 4. The number of rotatable bonds is 5. The van der Waals surface area contributed by atoms with E-state index in [0.29, 0.717) is 6.61 Å². The molecule has 82 valence electrons. The van der Waals surface area contributed by atoms with Gasteiger partial charge in [-0.1, -0.05) is 6.08 Å². The van der Waals surface area contributed by atoms with Crippen molar-refractivity contribution in [2.24, 2.45) is 0 Å². The lowest BCUT2D eigenvalue weighted by Gasteiger charge is -1.88. The first kappa shape index (κ1) is 19.6. The topological polar surface area (TPSA) is 60.4 Å². The summed E-state index contributed by atoms with van der Waals surface area (Å²) in [6, 6.07) is 0. The number of allylic oxidation sites excluding steroid dienone is 1. The smallest absolute Gasteiger partial charge is 0.294 e. The Morgan fingerprint density at radius 2 is 1.64 bits per heavy atom. The van der Waals surface area contributed by atoms with E-state index in [0.717, 1.165) is 12.8 Å². The van der Waals surface area contributed by atoms with Crippen molar-refractivity contribution in [1.29, 1.82) is 0 Å². The van der Waals surface area contributed by atoms with Crippen LogP contribution in [0.25, 0.3) is 0 Å². The van der Waals surface area contributed by atoms with Crippen molar-refractivity contribution < 1.29 is 18.2 Å². The van der Waals surface area contributed by atoms with Crippen molar-refractivity contribution in [3.05, 3.63) is 12.7 Å². The molecule has 0 aromatic carbocycles. The summed E-state index contributed by atoms with van der Waals surface area (Å²) in [6.07, 6.45) is 3.64. The molecule has 0 heterocycles. The molecule has 0 aromatic rings. The lowest BCUT2D eigenvalue weighted by molar-refractivity contribution is 0.337. The molecule has 0 fully saturated rings. The maximum atomic E-state index is 9.62. The quantitative estimate of drug-likeness (QED) is 0.424. The van der Waals surface area contributed by atoms with Crippen LogP contribution >= 0.6 is 25.6 Å². The zero-order valence-corrected chi connectivity index (χ0v) is 11.1. The van der Waals surface area contributed by atoms with Gasteiger partial charge in [0.25, 0.3) is 0 Å². The molecule has 0 spiro atoms. The maximum absolute atomic E-state index is 9.62. The van der Waals surface area contributed by atoms with Gasteiger partial charge in [0.1, 0.15) is 0 Å². The van der Waals surface area contributed by atoms with Gasteiger partial charge in [0.15, 0.2) is 16.9 Å². The molecule has 0 aliphatic rings. The average Bonchev–Trinajstić information content (AvgIpc) is 2.15. The SMILES string of the molecule is C=CCCCOP=O.CP=O.CP=O. The van der Waals surface area contributed by atoms with E-state index in [4.69, 9.17) is 9.13 Å². The summed E-state index contributed by atoms with van der Waals surface area (Å²) in [4.78, 5) is 0. The first-order valence-corrected chi connectivity index (χ1v) is 6.98. The Labute approximate surface area is 89.8 Å². The second kappa shape index (κ2) is 29.2. The molecule has 0 aliphatic carbocycles. The minimum absolute atomic E-state index is 0.167. The normalized spacial score (nSPS) is 8.43. The summed E-state index contributed by atoms with van der Waals surface area (Å²) in [6.45, 7) is 7.16. The monoisotopic (exact) mass is 256 g/mol. The van der Waals surface area contributed by atoms with Gasteiger partial charge in [0.2, 0.25) is 0 Å². The van der Waals surface area contributed by atoms with E-state index >= 15 is 0 Å². The van der Waals surface area contributed by atoms with Crippen LogP contribution in [-0.4, -0.2) is 19.9 Å². The first-order valence-electron chi connectivity index (χ1n) is 3.73. The van der Waals surface area contributed by atoms with Crippen molar-refractivity contribution >= 4 is 25.6 Å². The van der Waals surface area contributed by atoms with Crippen LogP contribution in [0.1, 0.15) is 12.8 Å². The molecule has 0 amide bonds. The summed E-state index contributed by atoms with van der Waals surface area (Å²) >= 11 is 0. The fourth-order valence-corrected chi connectivity index (χ4v) is 0.533. The highest BCUT2D eigenvalue weighted by molar-refractivity contribution is 7.22. The third kappa shape index (κ3) is 58.1. The van der Waals surface area contributed by atoms with E-state index in [-0.39, 0.29) is 25.6 Å². The van der Waals surface area contributed by atoms with Crippen LogP contribution in [0.4, 0.5) is 0 Å². The molecular weight excluding hydrogens is 241 g/mol. The third-order valence-corrected chi connectivity index (χ3v) is 0.985. The molecule has 4 nitrogen and oxygen atoms in total. The van der Waals surface area contributed by atoms with Gasteiger partial charge in [-0.15, -0.1) is 6.58 Å². The molecule has 0 bridgehead atoms. The first-order chi connectivity index (χ1) is 6.74. The van der Waals surface area contributed by atoms with Gasteiger partial charge < -0.3 is 0 Å². The summed E-state index contributed by atoms with van der Waals surface area (Å²) in [5.74, 6) is 0. The Morgan fingerprint density at radius 3 is 1.93 bits per heavy atom. The molecule has 0 aromatic heterocycles. The van der Waals surface area contributed by atoms with Gasteiger partial charge in [0.05, 0.1) is 6.61 Å². The molecule has 0 unspecified atom stereocenters. The highest BCUT2D eigenvalue weighted by Crippen LogP contribution is 1.97. The van der Waals surface area contributed by atoms with Gasteiger partial charge in [-0.05, 0) is 12.8 Å². The molecule has 0 saturated heterocycles. The minimum atomic E-state index is -0.224. The highest BCUT2D eigenvalue weighted by atomic mass is 31.1. The van der Waals surface area contributed by atoms with Gasteiger partial charge >= 0.3 is 8.69 Å². The van der Waals surface area contributed by atoms with Crippen LogP contribution in [0.3, 0.4) is 0 Å². The average molecular weight is 256 g/mol. The van der Waals surface area contributed by atoms with Crippen LogP contribution in [0.2, 0.25) is 0 Å². The van der Waals surface area contributed by atoms with Crippen LogP contribution in [-0.2, 0) is 18.2 Å². The molecule has 0 N–H and O–H groups in total. The summed E-state index contributed by atoms with van der Waals surface area (Å²) in [5.41, 5.74) is 0. The van der Waals surface area contributed by atoms with Crippen LogP contribution in [0, 0.1) is 0 Å². The largest absolute Gasteiger partial charge is 0.327 e. The predicted octanol–water partition coefficient (Wildman–Crippen LogP) is 3.99. The summed E-state index contributed by atoms with van der Waals surface area (Å²) in [5, 5.41) is 0. The van der Waals surface area contributed by atoms with Crippen LogP contribution < -0.4 is 0 Å². The zero-order valence-electron chi connectivity index (χ0n) is 8.38. The van der Waals surface area contributed by atoms with Crippen molar-refractivity contribution in [2.45, 2.75) is 12.8 Å². The van der Waals surface area contributed by atoms with Crippen molar-refractivity contribution in [1.82, 2.24) is 0 Å². The van der Waals surface area contributed by atoms with E-state index in [1.54, 1.807) is 13.3 Å². The minimum Gasteiger partial charge on any atom is -0.294 e. The second-order valence-electron chi connectivity index (χ2n) is 1.70. The van der Waals surface area contributed by atoms with Gasteiger partial charge in [0, 0.05) is 13.3 Å². The van der Waals surface area contributed by atoms with Crippen molar-refractivity contribution in [3.63, 3.8) is 0 Å². The van der Waals surface area contributed by atoms with E-state index in [2.05, 4.69) is 11.1 Å². The molecular formula is C7H15O4P3. The third-order valence-electron chi connectivity index (χ3n) is 0.697. The summed E-state index contributed by atoms with van der Waals surface area (Å²) < 4.78 is 31.9. The van der Waals surface area contributed by atoms with Gasteiger partial charge in [-0.2, -0.15) is 0 Å². The Balaban J connectivity index is -0.000000168. The summed E-state index contributed by atoms with van der Waals surface area (Å²) in [7, 11) is 0.110. The van der Waals surface area contributed by atoms with Gasteiger partial charge in [-0.25, -0.2) is 4.57 Å². The molecule has 0 rings (SSSR count). The molecule has 7 heteroatoms. The standard InChI is InChI=1S/C5H9O2P.2CH3OP/c1-2-3-4-5-7-8-6;2*1-3-2/h2H,1,3-5H2;2*1H3.